The van der Waals surface area contributed by atoms with E-state index in [1.165, 1.54) is 6.20 Å². The van der Waals surface area contributed by atoms with Crippen LogP contribution in [-0.2, 0) is 0 Å². The minimum Gasteiger partial charge on any atom is -0.399 e. The topological polar surface area (TPSA) is 64.7 Å². The van der Waals surface area contributed by atoms with E-state index in [0.29, 0.717) is 27.4 Å². The molecule has 0 radical (unpaired) electrons. The van der Waals surface area contributed by atoms with Gasteiger partial charge in [0, 0.05) is 5.69 Å². The molecule has 76 valence electrons. The highest BCUT2D eigenvalue weighted by Gasteiger charge is 2.04. The van der Waals surface area contributed by atoms with E-state index in [2.05, 4.69) is 15.0 Å². The molecule has 0 unspecified atom stereocenters. The Kier molecular flexibility index (Phi) is 2.70. The molecule has 2 heterocycles. The minimum absolute atomic E-state index is 0.299. The number of pyridine rings is 1. The molecule has 2 N–H and O–H groups in total. The zero-order chi connectivity index (χ0) is 10.8. The van der Waals surface area contributed by atoms with E-state index in [1.807, 2.05) is 0 Å². The molecule has 0 bridgehead atoms. The van der Waals surface area contributed by atoms with Gasteiger partial charge in [-0.3, -0.25) is 4.98 Å². The number of halogens is 2. The Labute approximate surface area is 96.1 Å². The summed E-state index contributed by atoms with van der Waals surface area (Å²) in [5, 5.41) is 0.611. The van der Waals surface area contributed by atoms with Gasteiger partial charge in [-0.2, -0.15) is 0 Å². The Bertz CT molecular complexity index is 481. The van der Waals surface area contributed by atoms with E-state index in [1.54, 1.807) is 18.3 Å². The molecule has 2 rings (SSSR count). The third-order valence-electron chi connectivity index (χ3n) is 1.68. The third-order valence-corrected chi connectivity index (χ3v) is 2.06. The van der Waals surface area contributed by atoms with Crippen molar-refractivity contribution in [2.24, 2.45) is 0 Å². The zero-order valence-electron chi connectivity index (χ0n) is 7.48. The summed E-state index contributed by atoms with van der Waals surface area (Å²) < 4.78 is 0. The van der Waals surface area contributed by atoms with Crippen molar-refractivity contribution in [3.05, 3.63) is 34.8 Å². The molecule has 0 spiro atoms. The maximum Gasteiger partial charge on any atom is 0.148 e. The van der Waals surface area contributed by atoms with Gasteiger partial charge in [0.1, 0.15) is 16.0 Å². The van der Waals surface area contributed by atoms with Crippen molar-refractivity contribution in [2.75, 3.05) is 5.73 Å². The van der Waals surface area contributed by atoms with Crippen molar-refractivity contribution < 1.29 is 0 Å². The predicted octanol–water partition coefficient (Wildman–Crippen LogP) is 2.43. The fourth-order valence-electron chi connectivity index (χ4n) is 1.11. The summed E-state index contributed by atoms with van der Waals surface area (Å²) in [5.41, 5.74) is 7.24. The van der Waals surface area contributed by atoms with Gasteiger partial charge in [-0.1, -0.05) is 23.2 Å². The molecular formula is C9H6Cl2N4. The van der Waals surface area contributed by atoms with Gasteiger partial charge in [0.05, 0.1) is 18.1 Å². The van der Waals surface area contributed by atoms with Crippen LogP contribution in [0.25, 0.3) is 11.4 Å². The van der Waals surface area contributed by atoms with Gasteiger partial charge in [0.25, 0.3) is 0 Å². The minimum atomic E-state index is 0.299. The fourth-order valence-corrected chi connectivity index (χ4v) is 1.48. The lowest BCUT2D eigenvalue weighted by molar-refractivity contribution is 1.18. The molecular weight excluding hydrogens is 235 g/mol. The summed E-state index contributed by atoms with van der Waals surface area (Å²) in [6.07, 6.45) is 2.99. The van der Waals surface area contributed by atoms with Gasteiger partial charge in [0.15, 0.2) is 0 Å². The second-order valence-electron chi connectivity index (χ2n) is 2.84. The molecule has 2 aromatic rings. The van der Waals surface area contributed by atoms with Gasteiger partial charge >= 0.3 is 0 Å². The van der Waals surface area contributed by atoms with E-state index in [9.17, 15) is 0 Å². The highest BCUT2D eigenvalue weighted by atomic mass is 35.5. The van der Waals surface area contributed by atoms with Gasteiger partial charge in [-0.25, -0.2) is 9.97 Å². The Morgan fingerprint density at radius 1 is 0.933 bits per heavy atom. The van der Waals surface area contributed by atoms with Gasteiger partial charge in [-0.05, 0) is 12.1 Å². The SMILES string of the molecule is Nc1cc(Cl)nc(-c2cncc(Cl)n2)c1. The molecule has 6 heteroatoms. The van der Waals surface area contributed by atoms with E-state index >= 15 is 0 Å². The van der Waals surface area contributed by atoms with E-state index in [0.717, 1.165) is 0 Å². The van der Waals surface area contributed by atoms with Crippen LogP contribution in [0.5, 0.6) is 0 Å². The van der Waals surface area contributed by atoms with E-state index in [-0.39, 0.29) is 0 Å². The van der Waals surface area contributed by atoms with E-state index < -0.39 is 0 Å². The Morgan fingerprint density at radius 2 is 1.67 bits per heavy atom. The summed E-state index contributed by atoms with van der Waals surface area (Å²) in [4.78, 5) is 12.0. The summed E-state index contributed by atoms with van der Waals surface area (Å²) in [5.74, 6) is 0. The average molecular weight is 241 g/mol. The molecule has 0 atom stereocenters. The van der Waals surface area contributed by atoms with Crippen LogP contribution in [0.3, 0.4) is 0 Å². The lowest BCUT2D eigenvalue weighted by Gasteiger charge is -2.01. The van der Waals surface area contributed by atoms with Gasteiger partial charge < -0.3 is 5.73 Å². The fraction of sp³-hybridized carbons (Fsp3) is 0. The number of hydrogen-bond donors (Lipinski definition) is 1. The summed E-state index contributed by atoms with van der Waals surface area (Å²) >= 11 is 11.5. The molecule has 4 nitrogen and oxygen atoms in total. The van der Waals surface area contributed by atoms with Crippen molar-refractivity contribution in [1.29, 1.82) is 0 Å². The van der Waals surface area contributed by atoms with Crippen molar-refractivity contribution in [2.45, 2.75) is 0 Å². The molecule has 0 amide bonds. The first-order valence-electron chi connectivity index (χ1n) is 4.06. The summed E-state index contributed by atoms with van der Waals surface area (Å²) in [7, 11) is 0. The van der Waals surface area contributed by atoms with Crippen LogP contribution in [0.4, 0.5) is 5.69 Å². The van der Waals surface area contributed by atoms with Crippen molar-refractivity contribution in [3.8, 4) is 11.4 Å². The third kappa shape index (κ3) is 2.34. The summed E-state index contributed by atoms with van der Waals surface area (Å²) in [6.45, 7) is 0. The molecule has 0 aliphatic heterocycles. The number of rotatable bonds is 1. The van der Waals surface area contributed by atoms with Crippen molar-refractivity contribution in [1.82, 2.24) is 15.0 Å². The maximum atomic E-state index is 5.77. The summed E-state index contributed by atoms with van der Waals surface area (Å²) in [6, 6.07) is 3.22. The van der Waals surface area contributed by atoms with Gasteiger partial charge in [-0.15, -0.1) is 0 Å². The first-order chi connectivity index (χ1) is 7.15. The number of anilines is 1. The number of nitrogens with zero attached hydrogens (tertiary/aromatic N) is 3. The van der Waals surface area contributed by atoms with Crippen LogP contribution in [0, 0.1) is 0 Å². The lowest BCUT2D eigenvalue weighted by atomic mass is 10.2. The monoisotopic (exact) mass is 240 g/mol. The smallest absolute Gasteiger partial charge is 0.148 e. The van der Waals surface area contributed by atoms with Crippen molar-refractivity contribution in [3.63, 3.8) is 0 Å². The highest BCUT2D eigenvalue weighted by Crippen LogP contribution is 2.20. The van der Waals surface area contributed by atoms with Crippen molar-refractivity contribution >= 4 is 28.9 Å². The zero-order valence-corrected chi connectivity index (χ0v) is 9.00. The quantitative estimate of drug-likeness (QED) is 0.778. The van der Waals surface area contributed by atoms with Crippen LogP contribution in [0.1, 0.15) is 0 Å². The lowest BCUT2D eigenvalue weighted by Crippen LogP contribution is -1.93. The molecule has 0 saturated carbocycles. The Hall–Kier alpha value is -1.39. The van der Waals surface area contributed by atoms with Crippen LogP contribution >= 0.6 is 23.2 Å². The van der Waals surface area contributed by atoms with Crippen LogP contribution < -0.4 is 5.73 Å². The first-order valence-corrected chi connectivity index (χ1v) is 4.82. The number of nitrogens with two attached hydrogens (primary N) is 1. The van der Waals surface area contributed by atoms with Crippen LogP contribution in [-0.4, -0.2) is 15.0 Å². The normalized spacial score (nSPS) is 10.3. The van der Waals surface area contributed by atoms with Crippen LogP contribution in [0.15, 0.2) is 24.5 Å². The second-order valence-corrected chi connectivity index (χ2v) is 3.61. The average Bonchev–Trinajstić information content (AvgIpc) is 2.16. The molecule has 0 saturated heterocycles. The number of hydrogen-bond acceptors (Lipinski definition) is 4. The van der Waals surface area contributed by atoms with Gasteiger partial charge in [0.2, 0.25) is 0 Å². The highest BCUT2D eigenvalue weighted by molar-refractivity contribution is 6.30. The standard InChI is InChI=1S/C9H6Cl2N4/c10-8-2-5(12)1-6(14-8)7-3-13-4-9(11)15-7/h1-4H,(H2,12,14). The molecule has 2 aromatic heterocycles. The Balaban J connectivity index is 2.54. The molecule has 15 heavy (non-hydrogen) atoms. The molecule has 0 aromatic carbocycles. The molecule has 0 aliphatic rings. The van der Waals surface area contributed by atoms with E-state index in [4.69, 9.17) is 28.9 Å². The second kappa shape index (κ2) is 4.00. The molecule has 0 aliphatic carbocycles. The van der Waals surface area contributed by atoms with Crippen LogP contribution in [0.2, 0.25) is 10.3 Å². The predicted molar refractivity (Wildman–Crippen MR) is 59.7 cm³/mol. The molecule has 0 fully saturated rings. The largest absolute Gasteiger partial charge is 0.399 e. The number of aromatic nitrogens is 3. The maximum absolute atomic E-state index is 5.77. The Morgan fingerprint density at radius 3 is 2.33 bits per heavy atom. The number of nitrogen functional groups attached to an aromatic ring is 1. The first kappa shape index (κ1) is 10.1.